The van der Waals surface area contributed by atoms with Crippen LogP contribution in [0.15, 0.2) is 97.3 Å². The summed E-state index contributed by atoms with van der Waals surface area (Å²) in [5.74, 6) is -0.391. The molecule has 0 saturated heterocycles. The highest BCUT2D eigenvalue weighted by atomic mass is 16.5. The maximum atomic E-state index is 11.6. The molecule has 0 unspecified atom stereocenters. The smallest absolute Gasteiger partial charge is 0.333 e. The number of benzene rings is 1. The van der Waals surface area contributed by atoms with Gasteiger partial charge in [0.25, 0.3) is 0 Å². The normalized spacial score (nSPS) is 10.5. The van der Waals surface area contributed by atoms with E-state index in [1.807, 2.05) is 72.8 Å². The molecule has 0 aliphatic heterocycles. The summed E-state index contributed by atoms with van der Waals surface area (Å²) in [5.41, 5.74) is 6.46. The molecule has 0 fully saturated rings. The average molecular weight is 407 g/mol. The first-order chi connectivity index (χ1) is 15.1. The van der Waals surface area contributed by atoms with Gasteiger partial charge < -0.3 is 4.74 Å². The zero-order valence-corrected chi connectivity index (χ0v) is 17.2. The number of rotatable bonds is 6. The maximum Gasteiger partial charge on any atom is 0.333 e. The van der Waals surface area contributed by atoms with Crippen molar-refractivity contribution in [1.29, 1.82) is 0 Å². The fourth-order valence-electron chi connectivity index (χ4n) is 3.05. The van der Waals surface area contributed by atoms with Gasteiger partial charge in [-0.15, -0.1) is 0 Å². The summed E-state index contributed by atoms with van der Waals surface area (Å²) in [4.78, 5) is 25.3. The highest BCUT2D eigenvalue weighted by molar-refractivity contribution is 5.86. The molecule has 0 saturated carbocycles. The lowest BCUT2D eigenvalue weighted by Crippen LogP contribution is -2.04. The molecule has 31 heavy (non-hydrogen) atoms. The Labute approximate surface area is 181 Å². The lowest BCUT2D eigenvalue weighted by Gasteiger charge is -2.10. The van der Waals surface area contributed by atoms with E-state index in [1.165, 1.54) is 0 Å². The van der Waals surface area contributed by atoms with E-state index in [0.29, 0.717) is 5.57 Å². The Morgan fingerprint density at radius 3 is 1.87 bits per heavy atom. The number of hydrogen-bond donors (Lipinski definition) is 0. The summed E-state index contributed by atoms with van der Waals surface area (Å²) in [7, 11) is 0. The fourth-order valence-corrected chi connectivity index (χ4v) is 3.05. The molecule has 0 radical (unpaired) electrons. The predicted molar refractivity (Wildman–Crippen MR) is 121 cm³/mol. The van der Waals surface area contributed by atoms with Crippen molar-refractivity contribution in [3.05, 3.63) is 103 Å². The molecule has 152 valence electrons. The molecule has 0 atom stereocenters. The number of ether oxygens (including phenoxy) is 1. The van der Waals surface area contributed by atoms with Crippen LogP contribution in [-0.2, 0) is 16.1 Å². The van der Waals surface area contributed by atoms with Gasteiger partial charge in [0.2, 0.25) is 0 Å². The Morgan fingerprint density at radius 2 is 1.39 bits per heavy atom. The van der Waals surface area contributed by atoms with Crippen molar-refractivity contribution in [2.24, 2.45) is 0 Å². The average Bonchev–Trinajstić information content (AvgIpc) is 2.83. The lowest BCUT2D eigenvalue weighted by molar-refractivity contribution is -0.140. The summed E-state index contributed by atoms with van der Waals surface area (Å²) in [6.45, 7) is 5.44. The summed E-state index contributed by atoms with van der Waals surface area (Å²) in [6, 6.07) is 23.5. The predicted octanol–water partition coefficient (Wildman–Crippen LogP) is 5.49. The third-order valence-electron chi connectivity index (χ3n) is 4.69. The van der Waals surface area contributed by atoms with Crippen LogP contribution < -0.4 is 0 Å². The summed E-state index contributed by atoms with van der Waals surface area (Å²) in [6.07, 6.45) is 3.51. The van der Waals surface area contributed by atoms with Gasteiger partial charge in [-0.1, -0.05) is 43.0 Å². The summed E-state index contributed by atoms with van der Waals surface area (Å²) < 4.78 is 5.22. The van der Waals surface area contributed by atoms with Crippen LogP contribution in [0.2, 0.25) is 0 Å². The van der Waals surface area contributed by atoms with Crippen molar-refractivity contribution in [1.82, 2.24) is 15.0 Å². The van der Waals surface area contributed by atoms with E-state index >= 15 is 0 Å². The Morgan fingerprint density at radius 1 is 0.806 bits per heavy atom. The molecule has 4 rings (SSSR count). The molecule has 3 aromatic heterocycles. The minimum absolute atomic E-state index is 0.209. The van der Waals surface area contributed by atoms with Crippen molar-refractivity contribution >= 4 is 5.97 Å². The van der Waals surface area contributed by atoms with Crippen LogP contribution in [0, 0.1) is 0 Å². The van der Waals surface area contributed by atoms with Gasteiger partial charge in [0.05, 0.1) is 22.8 Å². The minimum Gasteiger partial charge on any atom is -0.457 e. The molecule has 5 heteroatoms. The zero-order valence-electron chi connectivity index (χ0n) is 17.2. The van der Waals surface area contributed by atoms with Crippen LogP contribution in [0.4, 0.5) is 0 Å². The van der Waals surface area contributed by atoms with E-state index in [9.17, 15) is 4.79 Å². The number of nitrogens with zero attached hydrogens (tertiary/aromatic N) is 3. The first-order valence-corrected chi connectivity index (χ1v) is 9.87. The largest absolute Gasteiger partial charge is 0.457 e. The fraction of sp³-hybridized carbons (Fsp3) is 0.0769. The van der Waals surface area contributed by atoms with Gasteiger partial charge in [-0.05, 0) is 60.0 Å². The van der Waals surface area contributed by atoms with Gasteiger partial charge in [0.1, 0.15) is 6.61 Å². The third kappa shape index (κ3) is 4.90. The van der Waals surface area contributed by atoms with E-state index < -0.39 is 5.97 Å². The second-order valence-corrected chi connectivity index (χ2v) is 7.11. The highest BCUT2D eigenvalue weighted by Gasteiger charge is 2.11. The van der Waals surface area contributed by atoms with E-state index in [4.69, 9.17) is 9.72 Å². The van der Waals surface area contributed by atoms with Crippen LogP contribution >= 0.6 is 0 Å². The van der Waals surface area contributed by atoms with E-state index in [2.05, 4.69) is 16.5 Å². The highest BCUT2D eigenvalue weighted by Crippen LogP contribution is 2.29. The van der Waals surface area contributed by atoms with Crippen LogP contribution in [-0.4, -0.2) is 20.9 Å². The number of carbonyl (C=O) groups is 1. The quantitative estimate of drug-likeness (QED) is 0.312. The molecule has 1 aromatic carbocycles. The van der Waals surface area contributed by atoms with Gasteiger partial charge in [-0.2, -0.15) is 0 Å². The molecule has 3 heterocycles. The number of hydrogen-bond acceptors (Lipinski definition) is 5. The van der Waals surface area contributed by atoms with Crippen molar-refractivity contribution < 1.29 is 9.53 Å². The van der Waals surface area contributed by atoms with Crippen LogP contribution in [0.5, 0.6) is 0 Å². The second-order valence-electron chi connectivity index (χ2n) is 7.11. The molecule has 4 aromatic rings. The SMILES string of the molecule is C=C(C)C(=O)OCc1ccc(-c2cc(-c3ccccn3)nc(-c3ccccn3)c2)cc1. The Balaban J connectivity index is 1.69. The molecule has 0 N–H and O–H groups in total. The standard InChI is InChI=1S/C26H21N3O2/c1-18(2)26(30)31-17-19-9-11-20(12-10-19)21-15-24(22-7-3-5-13-27-22)29-25(16-21)23-8-4-6-14-28-23/h3-16H,1,17H2,2H3. The lowest BCUT2D eigenvalue weighted by atomic mass is 10.0. The molecule has 0 spiro atoms. The number of carbonyl (C=O) groups excluding carboxylic acids is 1. The first kappa shape index (κ1) is 20.2. The topological polar surface area (TPSA) is 65.0 Å². The van der Waals surface area contributed by atoms with Gasteiger partial charge in [0.15, 0.2) is 0 Å². The van der Waals surface area contributed by atoms with Crippen molar-refractivity contribution in [3.63, 3.8) is 0 Å². The van der Waals surface area contributed by atoms with E-state index in [-0.39, 0.29) is 6.61 Å². The molecular formula is C26H21N3O2. The van der Waals surface area contributed by atoms with E-state index in [0.717, 1.165) is 39.5 Å². The summed E-state index contributed by atoms with van der Waals surface area (Å²) in [5, 5.41) is 0. The Hall–Kier alpha value is -4.12. The monoisotopic (exact) mass is 407 g/mol. The van der Waals surface area contributed by atoms with Gasteiger partial charge in [-0.25, -0.2) is 9.78 Å². The Bertz CT molecular complexity index is 1150. The zero-order chi connectivity index (χ0) is 21.6. The number of pyridine rings is 3. The molecule has 0 bridgehead atoms. The first-order valence-electron chi connectivity index (χ1n) is 9.87. The van der Waals surface area contributed by atoms with Gasteiger partial charge in [-0.3, -0.25) is 9.97 Å². The van der Waals surface area contributed by atoms with Crippen LogP contribution in [0.25, 0.3) is 33.9 Å². The number of esters is 1. The summed E-state index contributed by atoms with van der Waals surface area (Å²) >= 11 is 0. The molecule has 0 aliphatic rings. The van der Waals surface area contributed by atoms with Gasteiger partial charge >= 0.3 is 5.97 Å². The second kappa shape index (κ2) is 9.13. The Kier molecular flexibility index (Phi) is 5.94. The van der Waals surface area contributed by atoms with E-state index in [1.54, 1.807) is 19.3 Å². The third-order valence-corrected chi connectivity index (χ3v) is 4.69. The minimum atomic E-state index is -0.391. The van der Waals surface area contributed by atoms with Crippen LogP contribution in [0.3, 0.4) is 0 Å². The molecular weight excluding hydrogens is 386 g/mol. The van der Waals surface area contributed by atoms with Crippen molar-refractivity contribution in [2.75, 3.05) is 0 Å². The maximum absolute atomic E-state index is 11.6. The molecule has 0 amide bonds. The van der Waals surface area contributed by atoms with Crippen molar-refractivity contribution in [2.45, 2.75) is 13.5 Å². The molecule has 5 nitrogen and oxygen atoms in total. The number of aromatic nitrogens is 3. The van der Waals surface area contributed by atoms with Crippen LogP contribution in [0.1, 0.15) is 12.5 Å². The van der Waals surface area contributed by atoms with Crippen molar-refractivity contribution in [3.8, 4) is 33.9 Å². The van der Waals surface area contributed by atoms with Gasteiger partial charge in [0, 0.05) is 18.0 Å². The molecule has 0 aliphatic carbocycles.